The van der Waals surface area contributed by atoms with Crippen molar-refractivity contribution in [1.29, 1.82) is 0 Å². The van der Waals surface area contributed by atoms with Crippen molar-refractivity contribution >= 4 is 28.7 Å². The van der Waals surface area contributed by atoms with Crippen LogP contribution in [0.5, 0.6) is 0 Å². The highest BCUT2D eigenvalue weighted by Crippen LogP contribution is 2.24. The first-order chi connectivity index (χ1) is 9.04. The molecule has 0 amide bonds. The lowest BCUT2D eigenvalue weighted by Crippen LogP contribution is -2.10. The van der Waals surface area contributed by atoms with Crippen molar-refractivity contribution in [1.82, 2.24) is 19.9 Å². The summed E-state index contributed by atoms with van der Waals surface area (Å²) < 4.78 is 13.7. The number of rotatable bonds is 1. The summed E-state index contributed by atoms with van der Waals surface area (Å²) in [6.45, 7) is 0. The van der Waals surface area contributed by atoms with Crippen molar-refractivity contribution in [2.45, 2.75) is 0 Å². The number of fused-ring (bicyclic) bond motifs is 1. The van der Waals surface area contributed by atoms with Crippen LogP contribution < -0.4 is 11.3 Å². The third-order valence-electron chi connectivity index (χ3n) is 2.56. The normalized spacial score (nSPS) is 11.1. The van der Waals surface area contributed by atoms with Crippen LogP contribution in [0.15, 0.2) is 23.0 Å². The number of benzene rings is 1. The van der Waals surface area contributed by atoms with E-state index in [4.69, 9.17) is 17.3 Å². The Morgan fingerprint density at radius 2 is 2.05 bits per heavy atom. The number of nitrogens with two attached hydrogens (primary N) is 1. The lowest BCUT2D eigenvalue weighted by molar-refractivity contribution is 0.630. The van der Waals surface area contributed by atoms with E-state index >= 15 is 0 Å². The van der Waals surface area contributed by atoms with Crippen LogP contribution in [0.4, 0.5) is 10.3 Å². The quantitative estimate of drug-likeness (QED) is 0.631. The Morgan fingerprint density at radius 3 is 2.84 bits per heavy atom. The van der Waals surface area contributed by atoms with Gasteiger partial charge in [0, 0.05) is 5.02 Å². The fourth-order valence-corrected chi connectivity index (χ4v) is 1.90. The molecule has 0 saturated heterocycles. The van der Waals surface area contributed by atoms with Crippen molar-refractivity contribution in [2.24, 2.45) is 0 Å². The molecule has 2 aromatic heterocycles. The van der Waals surface area contributed by atoms with E-state index in [9.17, 15) is 9.18 Å². The van der Waals surface area contributed by atoms with Crippen molar-refractivity contribution in [3.05, 3.63) is 39.4 Å². The van der Waals surface area contributed by atoms with Crippen molar-refractivity contribution in [3.63, 3.8) is 0 Å². The highest BCUT2D eigenvalue weighted by atomic mass is 35.5. The molecule has 3 aromatic rings. The lowest BCUT2D eigenvalue weighted by atomic mass is 10.2. The van der Waals surface area contributed by atoms with E-state index in [1.54, 1.807) is 0 Å². The Morgan fingerprint density at radius 1 is 1.26 bits per heavy atom. The molecule has 8 heteroatoms. The minimum atomic E-state index is -0.507. The maximum Gasteiger partial charge on any atom is 0.278 e. The molecule has 0 fully saturated rings. The van der Waals surface area contributed by atoms with Crippen LogP contribution in [-0.4, -0.2) is 19.9 Å². The number of nitrogens with zero attached hydrogens (tertiary/aromatic N) is 2. The number of imidazole rings is 1. The molecule has 3 rings (SSSR count). The summed E-state index contributed by atoms with van der Waals surface area (Å²) >= 11 is 5.81. The molecule has 96 valence electrons. The van der Waals surface area contributed by atoms with Gasteiger partial charge in [-0.05, 0) is 18.2 Å². The van der Waals surface area contributed by atoms with Crippen LogP contribution in [0.3, 0.4) is 0 Å². The van der Waals surface area contributed by atoms with Crippen molar-refractivity contribution < 1.29 is 4.39 Å². The van der Waals surface area contributed by atoms with E-state index in [0.717, 1.165) is 0 Å². The first kappa shape index (κ1) is 11.7. The second-order valence-electron chi connectivity index (χ2n) is 3.86. The van der Waals surface area contributed by atoms with Gasteiger partial charge in [-0.25, -0.2) is 9.37 Å². The van der Waals surface area contributed by atoms with Crippen LogP contribution in [0.25, 0.3) is 22.6 Å². The summed E-state index contributed by atoms with van der Waals surface area (Å²) in [4.78, 5) is 24.6. The van der Waals surface area contributed by atoms with Gasteiger partial charge in [0.05, 0.1) is 5.56 Å². The molecule has 1 aromatic carbocycles. The predicted molar refractivity (Wildman–Crippen MR) is 69.3 cm³/mol. The first-order valence-electron chi connectivity index (χ1n) is 5.25. The molecule has 19 heavy (non-hydrogen) atoms. The van der Waals surface area contributed by atoms with Gasteiger partial charge < -0.3 is 10.7 Å². The van der Waals surface area contributed by atoms with E-state index in [-0.39, 0.29) is 28.5 Å². The van der Waals surface area contributed by atoms with E-state index < -0.39 is 11.4 Å². The van der Waals surface area contributed by atoms with E-state index in [2.05, 4.69) is 19.9 Å². The van der Waals surface area contributed by atoms with Gasteiger partial charge in [-0.1, -0.05) is 11.6 Å². The zero-order valence-corrected chi connectivity index (χ0v) is 10.1. The number of nitrogen functional groups attached to an aromatic ring is 1. The van der Waals surface area contributed by atoms with Gasteiger partial charge in [-0.15, -0.1) is 0 Å². The summed E-state index contributed by atoms with van der Waals surface area (Å²) in [7, 11) is 0. The number of hydrogen-bond acceptors (Lipinski definition) is 4. The highest BCUT2D eigenvalue weighted by Gasteiger charge is 2.13. The van der Waals surface area contributed by atoms with Crippen LogP contribution in [0.2, 0.25) is 5.02 Å². The van der Waals surface area contributed by atoms with E-state index in [1.165, 1.54) is 18.2 Å². The Hall–Kier alpha value is -2.41. The van der Waals surface area contributed by atoms with E-state index in [1.807, 2.05) is 0 Å². The largest absolute Gasteiger partial charge is 0.369 e. The van der Waals surface area contributed by atoms with Crippen LogP contribution in [0, 0.1) is 5.82 Å². The predicted octanol–water partition coefficient (Wildman–Crippen LogP) is 1.69. The fourth-order valence-electron chi connectivity index (χ4n) is 1.73. The number of H-pyrrole nitrogens is 2. The smallest absolute Gasteiger partial charge is 0.278 e. The molecule has 0 saturated carbocycles. The average molecular weight is 280 g/mol. The Kier molecular flexibility index (Phi) is 2.49. The number of nitrogens with one attached hydrogen (secondary N) is 2. The maximum atomic E-state index is 13.7. The molecule has 0 spiro atoms. The van der Waals surface area contributed by atoms with Gasteiger partial charge in [-0.3, -0.25) is 9.78 Å². The van der Waals surface area contributed by atoms with Crippen molar-refractivity contribution in [3.8, 4) is 11.4 Å². The van der Waals surface area contributed by atoms with Gasteiger partial charge in [0.15, 0.2) is 11.2 Å². The Bertz CT molecular complexity index is 841. The fraction of sp³-hybridized carbons (Fsp3) is 0. The summed E-state index contributed by atoms with van der Waals surface area (Å²) in [5, 5.41) is 0.359. The van der Waals surface area contributed by atoms with Crippen molar-refractivity contribution in [2.75, 3.05) is 5.73 Å². The summed E-state index contributed by atoms with van der Waals surface area (Å²) in [5.41, 5.74) is 5.35. The third kappa shape index (κ3) is 1.93. The molecule has 6 nitrogen and oxygen atoms in total. The molecule has 0 atom stereocenters. The van der Waals surface area contributed by atoms with Gasteiger partial charge in [0.1, 0.15) is 11.6 Å². The number of anilines is 1. The van der Waals surface area contributed by atoms with Gasteiger partial charge in [0.2, 0.25) is 5.95 Å². The lowest BCUT2D eigenvalue weighted by Gasteiger charge is -1.99. The molecule has 0 aliphatic heterocycles. The Labute approximate surface area is 110 Å². The summed E-state index contributed by atoms with van der Waals surface area (Å²) in [6, 6.07) is 4.05. The number of aromatic amines is 2. The van der Waals surface area contributed by atoms with Crippen LogP contribution >= 0.6 is 11.6 Å². The summed E-state index contributed by atoms with van der Waals surface area (Å²) in [5.74, 6) is -0.395. The zero-order chi connectivity index (χ0) is 13.6. The third-order valence-corrected chi connectivity index (χ3v) is 2.80. The van der Waals surface area contributed by atoms with Gasteiger partial charge >= 0.3 is 0 Å². The molecule has 0 radical (unpaired) electrons. The van der Waals surface area contributed by atoms with Gasteiger partial charge in [-0.2, -0.15) is 4.98 Å². The molecule has 0 aliphatic rings. The molecule has 0 aliphatic carbocycles. The standard InChI is InChI=1S/C11H7ClFN5O/c12-4-1-2-6(13)5(3-4)8-15-7-9(16-8)17-11(14)18-10(7)19/h1-3H,(H4,14,15,16,17,18,19). The second-order valence-corrected chi connectivity index (χ2v) is 4.30. The average Bonchev–Trinajstić information content (AvgIpc) is 2.76. The highest BCUT2D eigenvalue weighted by molar-refractivity contribution is 6.30. The topological polar surface area (TPSA) is 100 Å². The molecule has 0 bridgehead atoms. The minimum absolute atomic E-state index is 0.0536. The maximum absolute atomic E-state index is 13.7. The van der Waals surface area contributed by atoms with E-state index in [0.29, 0.717) is 5.02 Å². The zero-order valence-electron chi connectivity index (χ0n) is 9.37. The monoisotopic (exact) mass is 279 g/mol. The number of hydrogen-bond donors (Lipinski definition) is 3. The number of aromatic nitrogens is 4. The minimum Gasteiger partial charge on any atom is -0.369 e. The molecule has 2 heterocycles. The Balaban J connectivity index is 2.29. The summed E-state index contributed by atoms with van der Waals surface area (Å²) in [6.07, 6.45) is 0. The molecular formula is C11H7ClFN5O. The molecule has 0 unspecified atom stereocenters. The number of halogens is 2. The first-order valence-corrected chi connectivity index (χ1v) is 5.63. The second kappa shape index (κ2) is 4.06. The SMILES string of the molecule is Nc1nc2nc(-c3cc(Cl)ccc3F)[nH]c2c(=O)[nH]1. The van der Waals surface area contributed by atoms with Gasteiger partial charge in [0.25, 0.3) is 5.56 Å². The van der Waals surface area contributed by atoms with Crippen LogP contribution in [0.1, 0.15) is 0 Å². The molecular weight excluding hydrogens is 273 g/mol. The molecule has 4 N–H and O–H groups in total. The van der Waals surface area contributed by atoms with Crippen LogP contribution in [-0.2, 0) is 0 Å².